The molecule has 1 heterocycles. The number of rotatable bonds is 5. The van der Waals surface area contributed by atoms with Gasteiger partial charge in [-0.25, -0.2) is 4.79 Å². The fourth-order valence-electron chi connectivity index (χ4n) is 2.31. The maximum atomic E-state index is 12.4. The van der Waals surface area contributed by atoms with E-state index in [9.17, 15) is 9.59 Å². The molecule has 0 aliphatic rings. The molecule has 7 heteroatoms. The number of anilines is 2. The van der Waals surface area contributed by atoms with Crippen molar-refractivity contribution in [3.63, 3.8) is 0 Å². The van der Waals surface area contributed by atoms with E-state index in [4.69, 9.17) is 4.42 Å². The van der Waals surface area contributed by atoms with Crippen LogP contribution < -0.4 is 16.0 Å². The van der Waals surface area contributed by atoms with Crippen LogP contribution >= 0.6 is 15.9 Å². The average Bonchev–Trinajstić information content (AvgIpc) is 3.07. The number of carbonyl (C=O) groups excluding carboxylic acids is 2. The first kappa shape index (κ1) is 17.8. The maximum absolute atomic E-state index is 12.4. The minimum absolute atomic E-state index is 0.220. The zero-order chi connectivity index (χ0) is 18.5. The summed E-state index contributed by atoms with van der Waals surface area (Å²) in [6.45, 7) is 3.91. The van der Waals surface area contributed by atoms with Crippen LogP contribution in [0.1, 0.15) is 10.6 Å². The van der Waals surface area contributed by atoms with Crippen molar-refractivity contribution in [1.82, 2.24) is 5.32 Å². The summed E-state index contributed by atoms with van der Waals surface area (Å²) in [6.07, 6.45) is 1.59. The SMILES string of the molecule is C=CCNC(=O)Nc1ccc(NC(=O)c2cc3cccc(Br)c3o2)cc1. The van der Waals surface area contributed by atoms with Gasteiger partial charge in [0, 0.05) is 23.3 Å². The molecule has 1 aromatic heterocycles. The van der Waals surface area contributed by atoms with E-state index < -0.39 is 0 Å². The molecular formula is C19H16BrN3O3. The first-order valence-corrected chi connectivity index (χ1v) is 8.61. The molecule has 0 fully saturated rings. The van der Waals surface area contributed by atoms with Crippen LogP contribution in [0.2, 0.25) is 0 Å². The van der Waals surface area contributed by atoms with Crippen LogP contribution in [0.5, 0.6) is 0 Å². The van der Waals surface area contributed by atoms with Crippen molar-refractivity contribution in [2.45, 2.75) is 0 Å². The Morgan fingerprint density at radius 3 is 2.42 bits per heavy atom. The van der Waals surface area contributed by atoms with Crippen molar-refractivity contribution < 1.29 is 14.0 Å². The smallest absolute Gasteiger partial charge is 0.319 e. The van der Waals surface area contributed by atoms with Gasteiger partial charge in [-0.3, -0.25) is 4.79 Å². The molecule has 0 radical (unpaired) electrons. The predicted octanol–water partition coefficient (Wildman–Crippen LogP) is 4.76. The lowest BCUT2D eigenvalue weighted by Crippen LogP contribution is -2.28. The Kier molecular flexibility index (Phi) is 5.38. The minimum Gasteiger partial charge on any atom is -0.450 e. The minimum atomic E-state index is -0.350. The molecule has 26 heavy (non-hydrogen) atoms. The van der Waals surface area contributed by atoms with Gasteiger partial charge in [-0.05, 0) is 52.3 Å². The normalized spacial score (nSPS) is 10.3. The molecule has 132 valence electrons. The zero-order valence-electron chi connectivity index (χ0n) is 13.7. The van der Waals surface area contributed by atoms with Crippen LogP contribution in [0.4, 0.5) is 16.2 Å². The van der Waals surface area contributed by atoms with E-state index in [2.05, 4.69) is 38.5 Å². The summed E-state index contributed by atoms with van der Waals surface area (Å²) in [5.74, 6) is -0.129. The van der Waals surface area contributed by atoms with Gasteiger partial charge >= 0.3 is 6.03 Å². The summed E-state index contributed by atoms with van der Waals surface area (Å²) in [6, 6.07) is 13.7. The molecule has 2 aromatic carbocycles. The molecule has 3 N–H and O–H groups in total. The standard InChI is InChI=1S/C19H16BrN3O3/c1-2-10-21-19(25)23-14-8-6-13(7-9-14)22-18(24)16-11-12-4-3-5-15(20)17(12)26-16/h2-9,11H,1,10H2,(H,22,24)(H2,21,23,25). The van der Waals surface area contributed by atoms with E-state index in [1.807, 2.05) is 18.2 Å². The van der Waals surface area contributed by atoms with Crippen molar-refractivity contribution in [2.75, 3.05) is 17.2 Å². The fraction of sp³-hybridized carbons (Fsp3) is 0.0526. The van der Waals surface area contributed by atoms with Crippen LogP contribution in [-0.4, -0.2) is 18.5 Å². The molecule has 0 saturated heterocycles. The van der Waals surface area contributed by atoms with Crippen LogP contribution in [0.3, 0.4) is 0 Å². The van der Waals surface area contributed by atoms with E-state index in [0.717, 1.165) is 9.86 Å². The second-order valence-electron chi connectivity index (χ2n) is 5.42. The molecule has 0 aliphatic heterocycles. The van der Waals surface area contributed by atoms with Crippen molar-refractivity contribution >= 4 is 50.2 Å². The molecule has 0 bridgehead atoms. The van der Waals surface area contributed by atoms with Crippen molar-refractivity contribution in [3.05, 3.63) is 71.4 Å². The maximum Gasteiger partial charge on any atom is 0.319 e. The van der Waals surface area contributed by atoms with Gasteiger partial charge in [0.1, 0.15) is 5.58 Å². The zero-order valence-corrected chi connectivity index (χ0v) is 15.3. The lowest BCUT2D eigenvalue weighted by Gasteiger charge is -2.07. The molecule has 3 amide bonds. The molecule has 3 aromatic rings. The summed E-state index contributed by atoms with van der Waals surface area (Å²) in [5.41, 5.74) is 1.83. The largest absolute Gasteiger partial charge is 0.450 e. The van der Waals surface area contributed by atoms with Crippen LogP contribution in [0.15, 0.2) is 70.1 Å². The highest BCUT2D eigenvalue weighted by Gasteiger charge is 2.14. The Balaban J connectivity index is 1.66. The molecule has 6 nitrogen and oxygen atoms in total. The number of furan rings is 1. The number of urea groups is 1. The van der Waals surface area contributed by atoms with Gasteiger partial charge in [0.25, 0.3) is 5.91 Å². The van der Waals surface area contributed by atoms with Gasteiger partial charge in [-0.2, -0.15) is 0 Å². The Hall–Kier alpha value is -3.06. The second-order valence-corrected chi connectivity index (χ2v) is 6.28. The molecule has 0 atom stereocenters. The number of hydrogen-bond donors (Lipinski definition) is 3. The summed E-state index contributed by atoms with van der Waals surface area (Å²) in [4.78, 5) is 23.9. The van der Waals surface area contributed by atoms with E-state index in [0.29, 0.717) is 23.5 Å². The van der Waals surface area contributed by atoms with Crippen molar-refractivity contribution in [3.8, 4) is 0 Å². The molecule has 0 aliphatic carbocycles. The summed E-state index contributed by atoms with van der Waals surface area (Å²) in [7, 11) is 0. The van der Waals surface area contributed by atoms with E-state index >= 15 is 0 Å². The number of nitrogens with one attached hydrogen (secondary N) is 3. The van der Waals surface area contributed by atoms with E-state index in [-0.39, 0.29) is 17.7 Å². The summed E-state index contributed by atoms with van der Waals surface area (Å²) >= 11 is 3.40. The number of halogens is 1. The summed E-state index contributed by atoms with van der Waals surface area (Å²) < 4.78 is 6.41. The fourth-order valence-corrected chi connectivity index (χ4v) is 2.77. The van der Waals surface area contributed by atoms with Crippen molar-refractivity contribution in [1.29, 1.82) is 0 Å². The quantitative estimate of drug-likeness (QED) is 0.527. The van der Waals surface area contributed by atoms with E-state index in [1.165, 1.54) is 0 Å². The predicted molar refractivity (Wildman–Crippen MR) is 106 cm³/mol. The highest BCUT2D eigenvalue weighted by atomic mass is 79.9. The van der Waals surface area contributed by atoms with Crippen LogP contribution in [0, 0.1) is 0 Å². The Morgan fingerprint density at radius 2 is 1.77 bits per heavy atom. The first-order valence-electron chi connectivity index (χ1n) is 7.82. The monoisotopic (exact) mass is 413 g/mol. The van der Waals surface area contributed by atoms with Crippen LogP contribution in [0.25, 0.3) is 11.0 Å². The van der Waals surface area contributed by atoms with Gasteiger partial charge in [-0.15, -0.1) is 6.58 Å². The number of carbonyl (C=O) groups is 2. The number of benzene rings is 2. The third kappa shape index (κ3) is 4.12. The highest BCUT2D eigenvalue weighted by molar-refractivity contribution is 9.10. The van der Waals surface area contributed by atoms with Gasteiger partial charge in [0.15, 0.2) is 5.76 Å². The first-order chi connectivity index (χ1) is 12.6. The molecule has 3 rings (SSSR count). The Morgan fingerprint density at radius 1 is 1.08 bits per heavy atom. The summed E-state index contributed by atoms with van der Waals surface area (Å²) in [5, 5.41) is 8.90. The van der Waals surface area contributed by atoms with Gasteiger partial charge in [0.2, 0.25) is 0 Å². The topological polar surface area (TPSA) is 83.4 Å². The third-order valence-electron chi connectivity index (χ3n) is 3.53. The van der Waals surface area contributed by atoms with Crippen LogP contribution in [-0.2, 0) is 0 Å². The average molecular weight is 414 g/mol. The van der Waals surface area contributed by atoms with Gasteiger partial charge in [-0.1, -0.05) is 18.2 Å². The molecule has 0 spiro atoms. The van der Waals surface area contributed by atoms with Gasteiger partial charge in [0.05, 0.1) is 4.47 Å². The number of para-hydroxylation sites is 1. The number of hydrogen-bond acceptors (Lipinski definition) is 3. The van der Waals surface area contributed by atoms with Gasteiger partial charge < -0.3 is 20.4 Å². The number of amides is 3. The van der Waals surface area contributed by atoms with E-state index in [1.54, 1.807) is 36.4 Å². The lowest BCUT2D eigenvalue weighted by atomic mass is 10.2. The number of fused-ring (bicyclic) bond motifs is 1. The molecule has 0 unspecified atom stereocenters. The lowest BCUT2D eigenvalue weighted by molar-refractivity contribution is 0.0998. The Bertz CT molecular complexity index is 964. The molecule has 0 saturated carbocycles. The van der Waals surface area contributed by atoms with Crippen molar-refractivity contribution in [2.24, 2.45) is 0 Å². The third-order valence-corrected chi connectivity index (χ3v) is 4.15. The molecular weight excluding hydrogens is 398 g/mol. The second kappa shape index (κ2) is 7.88. The highest BCUT2D eigenvalue weighted by Crippen LogP contribution is 2.27. The Labute approximate surface area is 158 Å².